The Hall–Kier alpha value is -4.06. The molecule has 1 aliphatic rings. The van der Waals surface area contributed by atoms with Crippen molar-refractivity contribution in [2.75, 3.05) is 0 Å². The highest BCUT2D eigenvalue weighted by atomic mass is 16.3. The number of pyridine rings is 1. The minimum Gasteiger partial charge on any atom is -0.505 e. The van der Waals surface area contributed by atoms with E-state index in [1.807, 2.05) is 13.2 Å². The van der Waals surface area contributed by atoms with Crippen LogP contribution in [0.4, 0.5) is 5.69 Å². The van der Waals surface area contributed by atoms with Crippen LogP contribution < -0.4 is 4.57 Å². The van der Waals surface area contributed by atoms with Crippen LogP contribution in [0.25, 0.3) is 10.9 Å². The fraction of sp³-hybridized carbons (Fsp3) is 0.0435. The van der Waals surface area contributed by atoms with Crippen LogP contribution in [0.2, 0.25) is 0 Å². The molecule has 1 aliphatic heterocycles. The van der Waals surface area contributed by atoms with E-state index in [-0.39, 0.29) is 28.8 Å². The average molecular weight is 382 g/mol. The molecule has 0 bridgehead atoms. The van der Waals surface area contributed by atoms with Crippen molar-refractivity contribution in [3.63, 3.8) is 0 Å². The Labute approximate surface area is 166 Å². The van der Waals surface area contributed by atoms with Gasteiger partial charge in [-0.2, -0.15) is 0 Å². The van der Waals surface area contributed by atoms with E-state index < -0.39 is 0 Å². The molecule has 2 aromatic carbocycles. The summed E-state index contributed by atoms with van der Waals surface area (Å²) in [4.78, 5) is 30.9. The molecule has 140 valence electrons. The highest BCUT2D eigenvalue weighted by Crippen LogP contribution is 2.37. The van der Waals surface area contributed by atoms with Gasteiger partial charge < -0.3 is 5.11 Å². The molecule has 0 spiro atoms. The second kappa shape index (κ2) is 6.24. The van der Waals surface area contributed by atoms with Crippen LogP contribution in [0.5, 0.6) is 5.75 Å². The molecule has 2 aromatic heterocycles. The first kappa shape index (κ1) is 17.1. The van der Waals surface area contributed by atoms with E-state index in [0.717, 1.165) is 0 Å². The molecule has 0 saturated heterocycles. The summed E-state index contributed by atoms with van der Waals surface area (Å²) >= 11 is 0. The van der Waals surface area contributed by atoms with Crippen molar-refractivity contribution in [2.45, 2.75) is 0 Å². The highest BCUT2D eigenvalue weighted by Gasteiger charge is 2.33. The van der Waals surface area contributed by atoms with Crippen molar-refractivity contribution in [1.29, 1.82) is 0 Å². The number of hydrogen-bond acceptors (Lipinski definition) is 4. The third-order valence-corrected chi connectivity index (χ3v) is 5.06. The zero-order chi connectivity index (χ0) is 20.1. The Morgan fingerprint density at radius 1 is 1.03 bits per heavy atom. The molecule has 6 heteroatoms. The van der Waals surface area contributed by atoms with Crippen molar-refractivity contribution < 1.29 is 19.3 Å². The molecule has 0 fully saturated rings. The van der Waals surface area contributed by atoms with Gasteiger partial charge in [-0.1, -0.05) is 24.3 Å². The Morgan fingerprint density at radius 2 is 1.79 bits per heavy atom. The minimum absolute atomic E-state index is 0.0635. The molecular weight excluding hydrogens is 366 g/mol. The first-order valence-corrected chi connectivity index (χ1v) is 9.11. The van der Waals surface area contributed by atoms with E-state index in [2.05, 4.69) is 4.99 Å². The van der Waals surface area contributed by atoms with Crippen molar-refractivity contribution in [1.82, 2.24) is 4.57 Å². The summed E-state index contributed by atoms with van der Waals surface area (Å²) in [6, 6.07) is 17.5. The molecule has 1 N–H and O–H groups in total. The third kappa shape index (κ3) is 2.50. The standard InChI is InChI=1S/C23H15N3O3/c1-25-12-6-7-14(13-25)23(29)26-18-11-5-3-9-16(18)22(28)20(26)19-21(27)15-8-2-4-10-17(15)24-19/h2-13H,1H3/p+1. The second-order valence-corrected chi connectivity index (χ2v) is 6.92. The summed E-state index contributed by atoms with van der Waals surface area (Å²) in [7, 11) is 1.82. The van der Waals surface area contributed by atoms with Crippen LogP contribution in [0.1, 0.15) is 26.4 Å². The van der Waals surface area contributed by atoms with Gasteiger partial charge in [-0.25, -0.2) is 9.56 Å². The number of rotatable bonds is 2. The molecule has 0 saturated carbocycles. The van der Waals surface area contributed by atoms with Crippen LogP contribution in [0.3, 0.4) is 0 Å². The van der Waals surface area contributed by atoms with Gasteiger partial charge in [0, 0.05) is 17.0 Å². The number of hydrogen-bond donors (Lipinski definition) is 1. The summed E-state index contributed by atoms with van der Waals surface area (Å²) in [5.41, 5.74) is 2.11. The molecule has 0 unspecified atom stereocenters. The summed E-state index contributed by atoms with van der Waals surface area (Å²) in [6.07, 6.45) is 3.52. The number of aryl methyl sites for hydroxylation is 1. The number of aliphatic imine (C=N–C) groups is 1. The van der Waals surface area contributed by atoms with Gasteiger partial charge in [0.25, 0.3) is 5.91 Å². The number of aromatic hydroxyl groups is 1. The largest absolute Gasteiger partial charge is 0.505 e. The zero-order valence-corrected chi connectivity index (χ0v) is 15.5. The molecule has 5 rings (SSSR count). The SMILES string of the molecule is C[n+]1cccc(C(=O)n2c(C3=Nc4ccccc4C3=O)c(O)c3ccccc32)c1. The maximum absolute atomic E-state index is 13.5. The Balaban J connectivity index is 1.79. The van der Waals surface area contributed by atoms with Crippen molar-refractivity contribution in [3.05, 3.63) is 89.9 Å². The lowest BCUT2D eigenvalue weighted by molar-refractivity contribution is -0.671. The molecular formula is C23H16N3O3+. The van der Waals surface area contributed by atoms with Gasteiger partial charge in [0.1, 0.15) is 24.0 Å². The first-order chi connectivity index (χ1) is 14.1. The van der Waals surface area contributed by atoms with Crippen molar-refractivity contribution in [3.8, 4) is 5.75 Å². The molecule has 0 amide bonds. The maximum atomic E-state index is 13.5. The van der Waals surface area contributed by atoms with Crippen LogP contribution in [0.15, 0.2) is 78.0 Å². The Morgan fingerprint density at radius 3 is 2.59 bits per heavy atom. The van der Waals surface area contributed by atoms with E-state index in [1.165, 1.54) is 4.57 Å². The number of carbonyl (C=O) groups is 2. The van der Waals surface area contributed by atoms with Gasteiger partial charge >= 0.3 is 0 Å². The average Bonchev–Trinajstić information content (AvgIpc) is 3.22. The number of Topliss-reactive ketones (excluding diaryl/α,β-unsaturated/α-hetero) is 1. The molecule has 3 heterocycles. The van der Waals surface area contributed by atoms with Gasteiger partial charge in [-0.05, 0) is 30.3 Å². The number of nitrogens with zero attached hydrogens (tertiary/aromatic N) is 3. The number of fused-ring (bicyclic) bond motifs is 2. The van der Waals surface area contributed by atoms with Gasteiger partial charge in [0.05, 0.1) is 11.2 Å². The van der Waals surface area contributed by atoms with E-state index >= 15 is 0 Å². The monoisotopic (exact) mass is 382 g/mol. The molecule has 0 aliphatic carbocycles. The molecule has 0 radical (unpaired) electrons. The number of carbonyl (C=O) groups excluding carboxylic acids is 2. The maximum Gasteiger partial charge on any atom is 0.269 e. The van der Waals surface area contributed by atoms with E-state index in [1.54, 1.807) is 71.4 Å². The fourth-order valence-electron chi connectivity index (χ4n) is 3.72. The number of ketones is 1. The third-order valence-electron chi connectivity index (χ3n) is 5.06. The van der Waals surface area contributed by atoms with Gasteiger partial charge in [-0.15, -0.1) is 0 Å². The van der Waals surface area contributed by atoms with E-state index in [9.17, 15) is 14.7 Å². The smallest absolute Gasteiger partial charge is 0.269 e. The van der Waals surface area contributed by atoms with Crippen molar-refractivity contribution in [2.24, 2.45) is 12.0 Å². The molecule has 0 atom stereocenters. The number of aromatic nitrogens is 2. The number of para-hydroxylation sites is 2. The Kier molecular flexibility index (Phi) is 3.67. The highest BCUT2D eigenvalue weighted by molar-refractivity contribution is 6.55. The first-order valence-electron chi connectivity index (χ1n) is 9.11. The predicted octanol–water partition coefficient (Wildman–Crippen LogP) is 3.18. The predicted molar refractivity (Wildman–Crippen MR) is 108 cm³/mol. The lowest BCUT2D eigenvalue weighted by atomic mass is 10.1. The van der Waals surface area contributed by atoms with Gasteiger partial charge in [0.15, 0.2) is 18.1 Å². The zero-order valence-electron chi connectivity index (χ0n) is 15.5. The lowest BCUT2D eigenvalue weighted by Gasteiger charge is -2.08. The van der Waals surface area contributed by atoms with Crippen LogP contribution in [0, 0.1) is 0 Å². The van der Waals surface area contributed by atoms with Crippen LogP contribution in [-0.4, -0.2) is 27.1 Å². The van der Waals surface area contributed by atoms with E-state index in [0.29, 0.717) is 27.7 Å². The lowest BCUT2D eigenvalue weighted by Crippen LogP contribution is -2.29. The van der Waals surface area contributed by atoms with Gasteiger partial charge in [-0.3, -0.25) is 14.2 Å². The summed E-state index contributed by atoms with van der Waals surface area (Å²) in [6.45, 7) is 0. The summed E-state index contributed by atoms with van der Waals surface area (Å²) in [5.74, 6) is -0.792. The van der Waals surface area contributed by atoms with E-state index in [4.69, 9.17) is 0 Å². The van der Waals surface area contributed by atoms with Gasteiger partial charge in [0.2, 0.25) is 5.78 Å². The fourth-order valence-corrected chi connectivity index (χ4v) is 3.72. The van der Waals surface area contributed by atoms with Crippen molar-refractivity contribution >= 4 is 34.0 Å². The normalized spacial score (nSPS) is 12.9. The molecule has 6 nitrogen and oxygen atoms in total. The molecule has 4 aromatic rings. The van der Waals surface area contributed by atoms with Crippen LogP contribution in [-0.2, 0) is 7.05 Å². The number of benzene rings is 2. The topological polar surface area (TPSA) is 75.5 Å². The van der Waals surface area contributed by atoms with Crippen LogP contribution >= 0.6 is 0 Å². The summed E-state index contributed by atoms with van der Waals surface area (Å²) in [5, 5.41) is 11.5. The summed E-state index contributed by atoms with van der Waals surface area (Å²) < 4.78 is 3.15. The molecule has 29 heavy (non-hydrogen) atoms. The Bertz CT molecular complexity index is 1370. The minimum atomic E-state index is -0.348. The quantitative estimate of drug-likeness (QED) is 0.541. The second-order valence-electron chi connectivity index (χ2n) is 6.92.